The zero-order valence-electron chi connectivity index (χ0n) is 17.4. The van der Waals surface area contributed by atoms with E-state index in [0.29, 0.717) is 23.4 Å². The first-order valence-corrected chi connectivity index (χ1v) is 10.2. The molecule has 0 fully saturated rings. The maximum atomic E-state index is 13.0. The minimum atomic E-state index is -0.248. The van der Waals surface area contributed by atoms with Gasteiger partial charge in [0.15, 0.2) is 5.65 Å². The number of pyridine rings is 1. The average Bonchev–Trinajstić information content (AvgIpc) is 3.15. The number of nitrogen functional groups attached to an aromatic ring is 1. The van der Waals surface area contributed by atoms with Crippen LogP contribution in [0.3, 0.4) is 0 Å². The molecule has 32 heavy (non-hydrogen) atoms. The summed E-state index contributed by atoms with van der Waals surface area (Å²) in [5.74, 6) is 0.700. The first-order valence-electron chi connectivity index (χ1n) is 10.2. The van der Waals surface area contributed by atoms with E-state index in [0.717, 1.165) is 22.5 Å². The second-order valence-corrected chi connectivity index (χ2v) is 7.44. The molecule has 158 valence electrons. The zero-order chi connectivity index (χ0) is 22.1. The average molecular weight is 423 g/mol. The molecule has 2 aromatic carbocycles. The van der Waals surface area contributed by atoms with Gasteiger partial charge in [0.1, 0.15) is 11.2 Å². The molecule has 0 radical (unpaired) electrons. The molecule has 0 unspecified atom stereocenters. The second-order valence-electron chi connectivity index (χ2n) is 7.44. The number of anilines is 3. The molecule has 3 aromatic heterocycles. The summed E-state index contributed by atoms with van der Waals surface area (Å²) in [7, 11) is 1.60. The van der Waals surface area contributed by atoms with E-state index in [1.807, 2.05) is 72.8 Å². The quantitative estimate of drug-likeness (QED) is 0.448. The van der Waals surface area contributed by atoms with Gasteiger partial charge >= 0.3 is 0 Å². The van der Waals surface area contributed by atoms with Crippen molar-refractivity contribution >= 4 is 28.5 Å². The largest absolute Gasteiger partial charge is 0.369 e. The standard InChI is InChI=1S/C24H21N7O/c1-30-23(32)20-21(28-24(30)25)29-31(22(20)27-18-7-3-2-4-8-18)15-16-10-12-17(13-11-16)19-9-5-6-14-26-19/h2-14,27H,15H2,1H3,(H2,25,28,29). The number of para-hydroxylation sites is 1. The molecule has 0 saturated heterocycles. The van der Waals surface area contributed by atoms with E-state index in [2.05, 4.69) is 20.4 Å². The van der Waals surface area contributed by atoms with Crippen molar-refractivity contribution in [3.8, 4) is 11.3 Å². The van der Waals surface area contributed by atoms with Crippen LogP contribution in [0.15, 0.2) is 83.8 Å². The Balaban J connectivity index is 1.56. The van der Waals surface area contributed by atoms with E-state index in [1.54, 1.807) is 17.9 Å². The maximum Gasteiger partial charge on any atom is 0.268 e. The molecule has 0 bridgehead atoms. The van der Waals surface area contributed by atoms with Gasteiger partial charge < -0.3 is 11.1 Å². The Kier molecular flexibility index (Phi) is 4.87. The summed E-state index contributed by atoms with van der Waals surface area (Å²) >= 11 is 0. The highest BCUT2D eigenvalue weighted by atomic mass is 16.1. The minimum Gasteiger partial charge on any atom is -0.369 e. The van der Waals surface area contributed by atoms with Gasteiger partial charge in [-0.3, -0.25) is 14.3 Å². The fraction of sp³-hybridized carbons (Fsp3) is 0.0833. The number of aromatic nitrogens is 5. The third-order valence-electron chi connectivity index (χ3n) is 5.30. The van der Waals surface area contributed by atoms with Crippen LogP contribution in [0.1, 0.15) is 5.56 Å². The molecule has 0 aliphatic carbocycles. The van der Waals surface area contributed by atoms with Crippen LogP contribution >= 0.6 is 0 Å². The molecule has 5 rings (SSSR count). The molecule has 0 spiro atoms. The molecular weight excluding hydrogens is 402 g/mol. The summed E-state index contributed by atoms with van der Waals surface area (Å²) in [5.41, 5.74) is 9.79. The van der Waals surface area contributed by atoms with Crippen LogP contribution in [0.4, 0.5) is 17.5 Å². The van der Waals surface area contributed by atoms with E-state index in [4.69, 9.17) is 5.73 Å². The van der Waals surface area contributed by atoms with Crippen molar-refractivity contribution in [1.29, 1.82) is 0 Å². The summed E-state index contributed by atoms with van der Waals surface area (Å²) in [6.45, 7) is 0.455. The number of nitrogens with two attached hydrogens (primary N) is 1. The van der Waals surface area contributed by atoms with Gasteiger partial charge in [-0.15, -0.1) is 5.10 Å². The van der Waals surface area contributed by atoms with Crippen LogP contribution in [0.25, 0.3) is 22.3 Å². The number of hydrogen-bond acceptors (Lipinski definition) is 6. The molecule has 3 N–H and O–H groups in total. The Bertz CT molecular complexity index is 1440. The summed E-state index contributed by atoms with van der Waals surface area (Å²) in [5, 5.41) is 8.32. The second kappa shape index (κ2) is 7.99. The summed E-state index contributed by atoms with van der Waals surface area (Å²) in [6, 6.07) is 23.6. The number of nitrogens with zero attached hydrogens (tertiary/aromatic N) is 5. The molecule has 0 aliphatic rings. The Morgan fingerprint density at radius 2 is 1.72 bits per heavy atom. The third kappa shape index (κ3) is 3.58. The number of nitrogens with one attached hydrogen (secondary N) is 1. The number of hydrogen-bond donors (Lipinski definition) is 2. The van der Waals surface area contributed by atoms with Crippen molar-refractivity contribution in [2.75, 3.05) is 11.1 Å². The molecule has 0 saturated carbocycles. The topological polar surface area (TPSA) is 104 Å². The fourth-order valence-electron chi connectivity index (χ4n) is 3.57. The van der Waals surface area contributed by atoms with E-state index >= 15 is 0 Å². The van der Waals surface area contributed by atoms with Crippen molar-refractivity contribution in [2.24, 2.45) is 7.05 Å². The summed E-state index contributed by atoms with van der Waals surface area (Å²) in [6.07, 6.45) is 1.78. The lowest BCUT2D eigenvalue weighted by molar-refractivity contribution is 0.702. The molecular formula is C24H21N7O. The smallest absolute Gasteiger partial charge is 0.268 e. The highest BCUT2D eigenvalue weighted by Crippen LogP contribution is 2.25. The summed E-state index contributed by atoms with van der Waals surface area (Å²) in [4.78, 5) is 21.7. The third-order valence-corrected chi connectivity index (χ3v) is 5.30. The molecule has 0 atom stereocenters. The predicted molar refractivity (Wildman–Crippen MR) is 126 cm³/mol. The SMILES string of the molecule is Cn1c(N)nc2nn(Cc3ccc(-c4ccccn4)cc3)c(Nc3ccccc3)c2c1=O. The predicted octanol–water partition coefficient (Wildman–Crippen LogP) is 3.57. The van der Waals surface area contributed by atoms with Gasteiger partial charge in [-0.25, -0.2) is 4.68 Å². The Morgan fingerprint density at radius 1 is 0.969 bits per heavy atom. The first-order chi connectivity index (χ1) is 15.6. The Hall–Kier alpha value is -4.46. The van der Waals surface area contributed by atoms with E-state index in [1.165, 1.54) is 4.57 Å². The highest BCUT2D eigenvalue weighted by Gasteiger charge is 2.19. The number of fused-ring (bicyclic) bond motifs is 1. The summed E-state index contributed by atoms with van der Waals surface area (Å²) < 4.78 is 3.08. The lowest BCUT2D eigenvalue weighted by atomic mass is 10.1. The number of rotatable bonds is 5. The molecule has 0 aliphatic heterocycles. The minimum absolute atomic E-state index is 0.123. The van der Waals surface area contributed by atoms with Crippen molar-refractivity contribution in [3.05, 3.63) is 94.9 Å². The Morgan fingerprint density at radius 3 is 2.44 bits per heavy atom. The fourth-order valence-corrected chi connectivity index (χ4v) is 3.57. The number of benzene rings is 2. The maximum absolute atomic E-state index is 13.0. The van der Waals surface area contributed by atoms with E-state index in [-0.39, 0.29) is 11.5 Å². The molecule has 5 aromatic rings. The van der Waals surface area contributed by atoms with Crippen molar-refractivity contribution in [3.63, 3.8) is 0 Å². The molecule has 8 heteroatoms. The van der Waals surface area contributed by atoms with E-state index in [9.17, 15) is 4.79 Å². The van der Waals surface area contributed by atoms with Crippen molar-refractivity contribution in [2.45, 2.75) is 6.54 Å². The van der Waals surface area contributed by atoms with Crippen LogP contribution in [-0.2, 0) is 13.6 Å². The van der Waals surface area contributed by atoms with Gasteiger partial charge in [0.25, 0.3) is 5.56 Å². The molecule has 8 nitrogen and oxygen atoms in total. The highest BCUT2D eigenvalue weighted by molar-refractivity contribution is 5.89. The van der Waals surface area contributed by atoms with Gasteiger partial charge in [0.05, 0.1) is 12.2 Å². The van der Waals surface area contributed by atoms with Gasteiger partial charge in [0.2, 0.25) is 5.95 Å². The monoisotopic (exact) mass is 423 g/mol. The van der Waals surface area contributed by atoms with E-state index < -0.39 is 0 Å². The lowest BCUT2D eigenvalue weighted by Crippen LogP contribution is -2.21. The van der Waals surface area contributed by atoms with Crippen LogP contribution in [0, 0.1) is 0 Å². The van der Waals surface area contributed by atoms with Crippen molar-refractivity contribution in [1.82, 2.24) is 24.3 Å². The van der Waals surface area contributed by atoms with Gasteiger partial charge in [-0.1, -0.05) is 48.5 Å². The van der Waals surface area contributed by atoms with Crippen LogP contribution in [0.5, 0.6) is 0 Å². The van der Waals surface area contributed by atoms with Crippen LogP contribution in [0.2, 0.25) is 0 Å². The van der Waals surface area contributed by atoms with Gasteiger partial charge in [-0.05, 0) is 29.8 Å². The van der Waals surface area contributed by atoms with Crippen molar-refractivity contribution < 1.29 is 0 Å². The van der Waals surface area contributed by atoms with Gasteiger partial charge in [0, 0.05) is 24.5 Å². The Labute approximate surface area is 184 Å². The van der Waals surface area contributed by atoms with Gasteiger partial charge in [-0.2, -0.15) is 4.98 Å². The normalized spacial score (nSPS) is 11.0. The van der Waals surface area contributed by atoms with Crippen LogP contribution < -0.4 is 16.6 Å². The lowest BCUT2D eigenvalue weighted by Gasteiger charge is -2.11. The zero-order valence-corrected chi connectivity index (χ0v) is 17.4. The molecule has 0 amide bonds. The van der Waals surface area contributed by atoms with Crippen LogP contribution in [-0.4, -0.2) is 24.3 Å². The molecule has 3 heterocycles. The first kappa shape index (κ1) is 19.5.